The molecule has 3 heterocycles. The van der Waals surface area contributed by atoms with Gasteiger partial charge in [-0.2, -0.15) is 0 Å². The van der Waals surface area contributed by atoms with Crippen LogP contribution < -0.4 is 4.48 Å². The zero-order chi connectivity index (χ0) is 24.2. The molecule has 0 fully saturated rings. The van der Waals surface area contributed by atoms with Crippen LogP contribution in [0.15, 0.2) is 66.7 Å². The van der Waals surface area contributed by atoms with E-state index in [0.717, 1.165) is 32.8 Å². The number of nitrogens with zero attached hydrogens (tertiary/aromatic N) is 2. The first-order valence-corrected chi connectivity index (χ1v) is 12.0. The molecule has 2 aromatic heterocycles. The maximum absolute atomic E-state index is 16.6. The van der Waals surface area contributed by atoms with Gasteiger partial charge in [0.1, 0.15) is 0 Å². The SMILES string of the molecule is CC(C)(C)c1ccc2c(c1)c1cc(C(C)(C)C)cc3c1n2[B-](F)(F)[n+]1c-3ccc2ccccc21. The molecule has 172 valence electrons. The van der Waals surface area contributed by atoms with E-state index in [4.69, 9.17) is 0 Å². The Labute approximate surface area is 198 Å². The lowest BCUT2D eigenvalue weighted by Crippen LogP contribution is -2.66. The van der Waals surface area contributed by atoms with Crippen LogP contribution >= 0.6 is 0 Å². The number of hydrogen-bond acceptors (Lipinski definition) is 0. The molecule has 0 radical (unpaired) electrons. The maximum Gasteiger partial charge on any atom is 0.737 e. The van der Waals surface area contributed by atoms with E-state index in [1.54, 1.807) is 6.07 Å². The predicted octanol–water partition coefficient (Wildman–Crippen LogP) is 7.58. The van der Waals surface area contributed by atoms with E-state index in [1.165, 1.54) is 8.96 Å². The van der Waals surface area contributed by atoms with Crippen LogP contribution in [-0.4, -0.2) is 11.4 Å². The molecule has 0 unspecified atom stereocenters. The van der Waals surface area contributed by atoms with Gasteiger partial charge >= 0.3 is 6.97 Å². The first kappa shape index (κ1) is 21.3. The average Bonchev–Trinajstić information content (AvgIpc) is 3.10. The van der Waals surface area contributed by atoms with Gasteiger partial charge in [0.2, 0.25) is 0 Å². The molecule has 0 atom stereocenters. The van der Waals surface area contributed by atoms with Gasteiger partial charge in [-0.25, -0.2) is 0 Å². The van der Waals surface area contributed by atoms with Gasteiger partial charge in [-0.1, -0.05) is 59.7 Å². The highest BCUT2D eigenvalue weighted by atomic mass is 19.2. The summed E-state index contributed by atoms with van der Waals surface area (Å²) in [6.45, 7) is 8.91. The lowest BCUT2D eigenvalue weighted by atomic mass is 9.82. The number of para-hydroxylation sites is 1. The molecular weight excluding hydrogens is 425 g/mol. The van der Waals surface area contributed by atoms with E-state index >= 15 is 8.63 Å². The lowest BCUT2D eigenvalue weighted by molar-refractivity contribution is -0.529. The Balaban J connectivity index is 1.86. The summed E-state index contributed by atoms with van der Waals surface area (Å²) in [5, 5.41) is 2.62. The van der Waals surface area contributed by atoms with Crippen molar-refractivity contribution in [3.63, 3.8) is 0 Å². The minimum absolute atomic E-state index is 0.0746. The molecule has 0 saturated heterocycles. The average molecular weight is 454 g/mol. The van der Waals surface area contributed by atoms with Crippen LogP contribution in [0, 0.1) is 0 Å². The van der Waals surface area contributed by atoms with Gasteiger partial charge < -0.3 is 17.6 Å². The van der Waals surface area contributed by atoms with Crippen molar-refractivity contribution in [2.45, 2.75) is 52.4 Å². The molecule has 1 aliphatic heterocycles. The number of benzene rings is 3. The highest BCUT2D eigenvalue weighted by Gasteiger charge is 2.51. The van der Waals surface area contributed by atoms with Gasteiger partial charge in [-0.3, -0.25) is 0 Å². The van der Waals surface area contributed by atoms with Crippen molar-refractivity contribution in [2.24, 2.45) is 0 Å². The van der Waals surface area contributed by atoms with Gasteiger partial charge in [-0.15, -0.1) is 0 Å². The number of hydrogen-bond donors (Lipinski definition) is 0. The Hall–Kier alpha value is -3.21. The van der Waals surface area contributed by atoms with Crippen LogP contribution in [0.5, 0.6) is 0 Å². The summed E-state index contributed by atoms with van der Waals surface area (Å²) in [5.41, 5.74) is 5.32. The number of rotatable bonds is 0. The summed E-state index contributed by atoms with van der Waals surface area (Å²) in [5.74, 6) is 0. The van der Waals surface area contributed by atoms with Crippen LogP contribution in [0.3, 0.4) is 0 Å². The minimum Gasteiger partial charge on any atom is -0.389 e. The molecule has 1 aliphatic rings. The molecule has 5 aromatic rings. The molecular formula is C29H29BF2N2. The zero-order valence-corrected chi connectivity index (χ0v) is 20.6. The van der Waals surface area contributed by atoms with Crippen LogP contribution in [0.1, 0.15) is 52.7 Å². The Kier molecular flexibility index (Phi) is 4.06. The lowest BCUT2D eigenvalue weighted by Gasteiger charge is -2.31. The highest BCUT2D eigenvalue weighted by molar-refractivity contribution is 6.59. The van der Waals surface area contributed by atoms with E-state index in [0.29, 0.717) is 22.2 Å². The van der Waals surface area contributed by atoms with Crippen LogP contribution in [0.2, 0.25) is 0 Å². The summed E-state index contributed by atoms with van der Waals surface area (Å²) >= 11 is 0. The fourth-order valence-corrected chi connectivity index (χ4v) is 5.50. The van der Waals surface area contributed by atoms with Crippen LogP contribution in [0.4, 0.5) is 8.63 Å². The molecule has 0 bridgehead atoms. The second-order valence-electron chi connectivity index (χ2n) is 11.8. The topological polar surface area (TPSA) is 8.81 Å². The fraction of sp³-hybridized carbons (Fsp3) is 0.276. The van der Waals surface area contributed by atoms with Crippen molar-refractivity contribution in [2.75, 3.05) is 0 Å². The van der Waals surface area contributed by atoms with Crippen molar-refractivity contribution in [3.05, 3.63) is 77.9 Å². The van der Waals surface area contributed by atoms with Crippen molar-refractivity contribution < 1.29 is 13.1 Å². The molecule has 0 N–H and O–H groups in total. The zero-order valence-electron chi connectivity index (χ0n) is 20.6. The highest BCUT2D eigenvalue weighted by Crippen LogP contribution is 2.44. The minimum atomic E-state index is -4.10. The predicted molar refractivity (Wildman–Crippen MR) is 139 cm³/mol. The third-order valence-corrected chi connectivity index (χ3v) is 7.40. The molecule has 0 aliphatic carbocycles. The Morgan fingerprint density at radius 3 is 2.12 bits per heavy atom. The van der Waals surface area contributed by atoms with E-state index in [2.05, 4.69) is 59.7 Å². The number of aromatic nitrogens is 2. The first-order chi connectivity index (χ1) is 15.9. The number of pyridine rings is 1. The Morgan fingerprint density at radius 2 is 1.41 bits per heavy atom. The summed E-state index contributed by atoms with van der Waals surface area (Å²) in [6.07, 6.45) is 0. The molecule has 5 heteroatoms. The second kappa shape index (κ2) is 6.47. The molecule has 6 rings (SSSR count). The monoisotopic (exact) mass is 454 g/mol. The Morgan fingerprint density at radius 1 is 0.735 bits per heavy atom. The van der Waals surface area contributed by atoms with Crippen molar-refractivity contribution >= 4 is 39.7 Å². The van der Waals surface area contributed by atoms with Gasteiger partial charge in [-0.05, 0) is 58.4 Å². The van der Waals surface area contributed by atoms with Crippen molar-refractivity contribution in [1.29, 1.82) is 0 Å². The summed E-state index contributed by atoms with van der Waals surface area (Å²) in [7, 11) is 0. The fourth-order valence-electron chi connectivity index (χ4n) is 5.50. The smallest absolute Gasteiger partial charge is 0.389 e. The summed E-state index contributed by atoms with van der Waals surface area (Å²) in [6, 6.07) is 21.5. The van der Waals surface area contributed by atoms with Crippen LogP contribution in [0.25, 0.3) is 44.0 Å². The molecule has 34 heavy (non-hydrogen) atoms. The van der Waals surface area contributed by atoms with E-state index in [9.17, 15) is 0 Å². The number of halogens is 2. The van der Waals surface area contributed by atoms with Crippen LogP contribution in [-0.2, 0) is 10.8 Å². The number of fused-ring (bicyclic) bond motifs is 7. The molecule has 0 saturated carbocycles. The standard InChI is InChI=1S/C29H29BF2N2/c1-28(2,3)19-12-14-25-21(15-19)22-16-20(29(4,5)6)17-23-26-13-11-18-9-7-8-10-24(18)33(26)30(31,32)34(25)27(22)23/h7-17H,1-6H3. The normalized spacial score (nSPS) is 15.3. The first-order valence-electron chi connectivity index (χ1n) is 12.0. The molecule has 3 aromatic carbocycles. The van der Waals surface area contributed by atoms with E-state index < -0.39 is 6.97 Å². The summed E-state index contributed by atoms with van der Waals surface area (Å²) in [4.78, 5) is 0. The van der Waals surface area contributed by atoms with Crippen molar-refractivity contribution in [1.82, 2.24) is 4.48 Å². The molecule has 0 spiro atoms. The van der Waals surface area contributed by atoms with Crippen molar-refractivity contribution in [3.8, 4) is 11.3 Å². The maximum atomic E-state index is 16.6. The molecule has 0 amide bonds. The van der Waals surface area contributed by atoms with Gasteiger partial charge in [0.15, 0.2) is 11.2 Å². The second-order valence-corrected chi connectivity index (χ2v) is 11.8. The van der Waals surface area contributed by atoms with Gasteiger partial charge in [0.05, 0.1) is 5.56 Å². The summed E-state index contributed by atoms with van der Waals surface area (Å²) < 4.78 is 35.8. The third kappa shape index (κ3) is 2.76. The quantitative estimate of drug-likeness (QED) is 0.213. The third-order valence-electron chi connectivity index (χ3n) is 7.40. The van der Waals surface area contributed by atoms with E-state index in [-0.39, 0.29) is 10.8 Å². The largest absolute Gasteiger partial charge is 0.737 e. The van der Waals surface area contributed by atoms with Gasteiger partial charge in [0, 0.05) is 39.3 Å². The Bertz CT molecular complexity index is 1650. The van der Waals surface area contributed by atoms with Gasteiger partial charge in [0.25, 0.3) is 0 Å². The molecule has 2 nitrogen and oxygen atoms in total. The van der Waals surface area contributed by atoms with E-state index in [1.807, 2.05) is 42.5 Å².